The van der Waals surface area contributed by atoms with Gasteiger partial charge in [-0.15, -0.1) is 0 Å². The van der Waals surface area contributed by atoms with Gasteiger partial charge in [0.25, 0.3) is 0 Å². The van der Waals surface area contributed by atoms with E-state index in [-0.39, 0.29) is 30.3 Å². The number of nitrogens with zero attached hydrogens (tertiary/aromatic N) is 3. The Morgan fingerprint density at radius 1 is 1.26 bits per heavy atom. The molecule has 0 radical (unpaired) electrons. The standard InChI is InChI=1S/C25H31F3N6O5/c1-12-5-18(34-33-12)29-17-8-19(38-11-15-3-2-4-37-15)31-23(30-17)32-20-14-6-13-7-16(20)21(24(36,9-13)10-14)39-22(35)25(26,27)28/h5,8,13-16,20-21,36H,2-4,6-7,9-11H2,1H3,(H3,29,30,31,32,33,34)/t13?,14?,15-,16?,20?,21?,24?/m0/s1. The minimum absolute atomic E-state index is 0.0315. The first-order valence-electron chi connectivity index (χ1n) is 13.2. The second kappa shape index (κ2) is 9.81. The molecule has 2 aromatic rings. The summed E-state index contributed by atoms with van der Waals surface area (Å²) in [4.78, 5) is 20.8. The molecule has 39 heavy (non-hydrogen) atoms. The number of carbonyl (C=O) groups is 1. The number of aryl methyl sites for hydroxylation is 1. The normalized spacial score (nSPS) is 33.3. The molecule has 0 aromatic carbocycles. The highest BCUT2D eigenvalue weighted by Gasteiger charge is 2.63. The maximum atomic E-state index is 13.1. The van der Waals surface area contributed by atoms with Gasteiger partial charge in [-0.05, 0) is 57.3 Å². The number of alkyl halides is 3. The van der Waals surface area contributed by atoms with Crippen molar-refractivity contribution < 1.29 is 37.3 Å². The Balaban J connectivity index is 1.25. The molecule has 212 valence electrons. The first-order chi connectivity index (χ1) is 18.6. The highest BCUT2D eigenvalue weighted by Crippen LogP contribution is 2.57. The van der Waals surface area contributed by atoms with Crippen LogP contribution in [0.2, 0.25) is 0 Å². The molecular weight excluding hydrogens is 521 g/mol. The van der Waals surface area contributed by atoms with E-state index in [2.05, 4.69) is 30.8 Å². The van der Waals surface area contributed by atoms with Crippen molar-refractivity contribution in [3.63, 3.8) is 0 Å². The molecule has 4 saturated carbocycles. The number of halogens is 3. The van der Waals surface area contributed by atoms with Gasteiger partial charge in [-0.2, -0.15) is 28.2 Å². The van der Waals surface area contributed by atoms with Gasteiger partial charge in [0.15, 0.2) is 5.82 Å². The van der Waals surface area contributed by atoms with Gasteiger partial charge >= 0.3 is 12.1 Å². The zero-order chi connectivity index (χ0) is 27.4. The van der Waals surface area contributed by atoms with Gasteiger partial charge in [-0.3, -0.25) is 5.10 Å². The smallest absolute Gasteiger partial charge is 0.475 e. The van der Waals surface area contributed by atoms with E-state index in [9.17, 15) is 23.1 Å². The topological polar surface area (TPSA) is 144 Å². The van der Waals surface area contributed by atoms with Crippen molar-refractivity contribution in [3.8, 4) is 5.88 Å². The molecule has 3 heterocycles. The average molecular weight is 553 g/mol. The first-order valence-corrected chi connectivity index (χ1v) is 13.2. The number of carbonyl (C=O) groups excluding carboxylic acids is 1. The van der Waals surface area contributed by atoms with Gasteiger partial charge in [0.1, 0.15) is 24.1 Å². The Labute approximate surface area is 222 Å². The van der Waals surface area contributed by atoms with Crippen LogP contribution in [0.5, 0.6) is 5.88 Å². The monoisotopic (exact) mass is 552 g/mol. The highest BCUT2D eigenvalue weighted by atomic mass is 19.4. The van der Waals surface area contributed by atoms with Crippen LogP contribution in [0.25, 0.3) is 0 Å². The molecule has 6 unspecified atom stereocenters. The van der Waals surface area contributed by atoms with Crippen molar-refractivity contribution >= 4 is 23.6 Å². The predicted octanol–water partition coefficient (Wildman–Crippen LogP) is 3.25. The molecule has 7 rings (SSSR count). The van der Waals surface area contributed by atoms with Gasteiger partial charge in [-0.25, -0.2) is 4.79 Å². The van der Waals surface area contributed by atoms with Crippen LogP contribution in [-0.4, -0.2) is 74.5 Å². The molecule has 4 N–H and O–H groups in total. The van der Waals surface area contributed by atoms with Gasteiger partial charge in [0.2, 0.25) is 11.8 Å². The van der Waals surface area contributed by atoms with Gasteiger partial charge in [0, 0.05) is 36.4 Å². The molecular formula is C25H31F3N6O5. The second-order valence-corrected chi connectivity index (χ2v) is 11.2. The lowest BCUT2D eigenvalue weighted by Gasteiger charge is -2.61. The first kappa shape index (κ1) is 26.1. The molecule has 1 aliphatic heterocycles. The SMILES string of the molecule is Cc1cc(Nc2cc(OC[C@@H]3CCCO3)nc(NC3C4CC5CC3C(OC(=O)C(F)(F)F)C(O)(C5)C4)n2)n[nH]1. The number of H-pyrrole nitrogens is 1. The molecule has 7 atom stereocenters. The largest absolute Gasteiger partial charge is 0.490 e. The molecule has 5 fully saturated rings. The fourth-order valence-electron chi connectivity index (χ4n) is 6.86. The van der Waals surface area contributed by atoms with E-state index < -0.39 is 35.8 Å². The lowest BCUT2D eigenvalue weighted by Crippen LogP contribution is -2.68. The molecule has 5 aliphatic rings. The third-order valence-corrected chi connectivity index (χ3v) is 8.25. The van der Waals surface area contributed by atoms with Crippen molar-refractivity contribution in [2.24, 2.45) is 17.8 Å². The summed E-state index contributed by atoms with van der Waals surface area (Å²) < 4.78 is 55.7. The van der Waals surface area contributed by atoms with Crippen molar-refractivity contribution in [2.45, 2.75) is 75.5 Å². The van der Waals surface area contributed by atoms with Crippen molar-refractivity contribution in [1.82, 2.24) is 20.2 Å². The lowest BCUT2D eigenvalue weighted by molar-refractivity contribution is -0.249. The van der Waals surface area contributed by atoms with E-state index >= 15 is 0 Å². The highest BCUT2D eigenvalue weighted by molar-refractivity contribution is 5.76. The van der Waals surface area contributed by atoms with Crippen LogP contribution >= 0.6 is 0 Å². The summed E-state index contributed by atoms with van der Waals surface area (Å²) >= 11 is 0. The van der Waals surface area contributed by atoms with Crippen LogP contribution in [0.15, 0.2) is 12.1 Å². The summed E-state index contributed by atoms with van der Waals surface area (Å²) in [6.45, 7) is 2.87. The van der Waals surface area contributed by atoms with Crippen LogP contribution < -0.4 is 15.4 Å². The van der Waals surface area contributed by atoms with Crippen molar-refractivity contribution in [1.29, 1.82) is 0 Å². The summed E-state index contributed by atoms with van der Waals surface area (Å²) in [6, 6.07) is 3.04. The third kappa shape index (κ3) is 5.36. The van der Waals surface area contributed by atoms with Gasteiger partial charge in [0.05, 0.1) is 6.10 Å². The molecule has 14 heteroatoms. The maximum Gasteiger partial charge on any atom is 0.490 e. The molecule has 0 amide bonds. The maximum absolute atomic E-state index is 13.1. The Bertz CT molecular complexity index is 1220. The Morgan fingerprint density at radius 3 is 2.82 bits per heavy atom. The van der Waals surface area contributed by atoms with E-state index in [1.54, 1.807) is 12.1 Å². The van der Waals surface area contributed by atoms with E-state index in [1.807, 2.05) is 6.92 Å². The van der Waals surface area contributed by atoms with E-state index in [1.165, 1.54) is 0 Å². The molecule has 4 aliphatic carbocycles. The minimum Gasteiger partial charge on any atom is -0.475 e. The van der Waals surface area contributed by atoms with E-state index in [4.69, 9.17) is 14.2 Å². The number of aromatic amines is 1. The predicted molar refractivity (Wildman–Crippen MR) is 130 cm³/mol. The molecule has 1 saturated heterocycles. The van der Waals surface area contributed by atoms with Crippen molar-refractivity contribution in [3.05, 3.63) is 17.8 Å². The summed E-state index contributed by atoms with van der Waals surface area (Å²) in [7, 11) is 0. The molecule has 11 nitrogen and oxygen atoms in total. The number of hydrogen-bond acceptors (Lipinski definition) is 10. The van der Waals surface area contributed by atoms with Gasteiger partial charge < -0.3 is 30.0 Å². The number of ether oxygens (including phenoxy) is 3. The fraction of sp³-hybridized carbons (Fsp3) is 0.680. The van der Waals surface area contributed by atoms with Crippen molar-refractivity contribution in [2.75, 3.05) is 23.8 Å². The van der Waals surface area contributed by atoms with Gasteiger partial charge in [-0.1, -0.05) is 0 Å². The Morgan fingerprint density at radius 2 is 2.10 bits per heavy atom. The van der Waals surface area contributed by atoms with Crippen LogP contribution in [0.3, 0.4) is 0 Å². The van der Waals surface area contributed by atoms with E-state index in [0.717, 1.165) is 25.0 Å². The van der Waals surface area contributed by atoms with E-state index in [0.29, 0.717) is 43.6 Å². The lowest BCUT2D eigenvalue weighted by atomic mass is 9.51. The van der Waals surface area contributed by atoms with Crippen LogP contribution in [0, 0.1) is 24.7 Å². The Hall–Kier alpha value is -3.13. The quantitative estimate of drug-likeness (QED) is 0.360. The zero-order valence-electron chi connectivity index (χ0n) is 21.3. The zero-order valence-corrected chi connectivity index (χ0v) is 21.3. The Kier molecular flexibility index (Phi) is 6.57. The summed E-state index contributed by atoms with van der Waals surface area (Å²) in [6.07, 6.45) is -2.71. The number of nitrogens with one attached hydrogen (secondary N) is 3. The number of aromatic nitrogens is 4. The van der Waals surface area contributed by atoms with Crippen LogP contribution in [0.4, 0.5) is 30.8 Å². The number of anilines is 3. The minimum atomic E-state index is -5.14. The average Bonchev–Trinajstić information content (AvgIpc) is 3.52. The number of hydrogen-bond donors (Lipinski definition) is 4. The molecule has 0 spiro atoms. The summed E-state index contributed by atoms with van der Waals surface area (Å²) in [5, 5.41) is 24.7. The summed E-state index contributed by atoms with van der Waals surface area (Å²) in [5.41, 5.74) is -0.626. The van der Waals surface area contributed by atoms with Crippen LogP contribution in [-0.2, 0) is 14.3 Å². The second-order valence-electron chi connectivity index (χ2n) is 11.2. The van der Waals surface area contributed by atoms with Crippen LogP contribution in [0.1, 0.15) is 44.2 Å². The number of aliphatic hydroxyl groups is 1. The number of esters is 1. The number of rotatable bonds is 8. The fourth-order valence-corrected chi connectivity index (χ4v) is 6.86. The molecule has 4 bridgehead atoms. The third-order valence-electron chi connectivity index (χ3n) is 8.25. The summed E-state index contributed by atoms with van der Waals surface area (Å²) in [5.74, 6) is -1.26. The molecule has 2 aromatic heterocycles.